The Morgan fingerprint density at radius 3 is 1.35 bits per heavy atom. The molecule has 0 aromatic rings. The van der Waals surface area contributed by atoms with Gasteiger partial charge in [0.25, 0.3) is 0 Å². The molecule has 118 valence electrons. The van der Waals surface area contributed by atoms with Gasteiger partial charge in [-0.05, 0) is 78.6 Å². The molecule has 0 atom stereocenters. The Balaban J connectivity index is 4.15. The van der Waals surface area contributed by atoms with Gasteiger partial charge in [-0.1, -0.05) is 26.7 Å². The van der Waals surface area contributed by atoms with Crippen molar-refractivity contribution >= 4 is 12.4 Å². The molecule has 0 saturated heterocycles. The van der Waals surface area contributed by atoms with E-state index in [1.807, 2.05) is 0 Å². The molecule has 2 nitrogen and oxygen atoms in total. The van der Waals surface area contributed by atoms with Crippen molar-refractivity contribution in [3.63, 3.8) is 0 Å². The minimum absolute atomic E-state index is 0.0456. The molecule has 0 unspecified atom stereocenters. The van der Waals surface area contributed by atoms with E-state index in [1.165, 1.54) is 25.7 Å². The predicted molar refractivity (Wildman–Crippen MR) is 93.4 cm³/mol. The molecule has 0 fully saturated rings. The van der Waals surface area contributed by atoms with Crippen molar-refractivity contribution in [2.24, 2.45) is 9.98 Å². The fraction of sp³-hybridized carbons (Fsp3) is 0.889. The first-order chi connectivity index (χ1) is 9.33. The second-order valence-electron chi connectivity index (χ2n) is 7.03. The zero-order chi connectivity index (χ0) is 15.5. The summed E-state index contributed by atoms with van der Waals surface area (Å²) in [6.45, 7) is 13.4. The molecule has 0 radical (unpaired) electrons. The zero-order valence-electron chi connectivity index (χ0n) is 14.7. The van der Waals surface area contributed by atoms with Crippen LogP contribution in [0.1, 0.15) is 92.9 Å². The van der Waals surface area contributed by atoms with E-state index in [2.05, 4.69) is 54.0 Å². The predicted octanol–water partition coefficient (Wildman–Crippen LogP) is 5.85. The molecule has 0 heterocycles. The van der Waals surface area contributed by atoms with Crippen LogP contribution in [0.4, 0.5) is 0 Å². The van der Waals surface area contributed by atoms with Crippen LogP contribution in [0.2, 0.25) is 0 Å². The Morgan fingerprint density at radius 1 is 0.700 bits per heavy atom. The Bertz CT molecular complexity index is 258. The van der Waals surface area contributed by atoms with Crippen molar-refractivity contribution < 1.29 is 0 Å². The van der Waals surface area contributed by atoms with Crippen LogP contribution in [0.3, 0.4) is 0 Å². The summed E-state index contributed by atoms with van der Waals surface area (Å²) < 4.78 is 0. The molecule has 20 heavy (non-hydrogen) atoms. The maximum absolute atomic E-state index is 4.73. The molecule has 0 rings (SSSR count). The van der Waals surface area contributed by atoms with E-state index in [1.54, 1.807) is 0 Å². The minimum Gasteiger partial charge on any atom is -0.291 e. The van der Waals surface area contributed by atoms with Crippen LogP contribution in [0.15, 0.2) is 9.98 Å². The van der Waals surface area contributed by atoms with Crippen LogP contribution in [0.5, 0.6) is 0 Å². The smallest absolute Gasteiger partial charge is 0.0549 e. The van der Waals surface area contributed by atoms with Gasteiger partial charge in [0, 0.05) is 0 Å². The Kier molecular flexibility index (Phi) is 9.79. The highest BCUT2D eigenvalue weighted by atomic mass is 14.9. The molecule has 0 saturated carbocycles. The van der Waals surface area contributed by atoms with Gasteiger partial charge in [0.1, 0.15) is 0 Å². The van der Waals surface area contributed by atoms with Crippen molar-refractivity contribution in [3.8, 4) is 0 Å². The maximum atomic E-state index is 4.73. The van der Waals surface area contributed by atoms with Gasteiger partial charge in [0.05, 0.1) is 11.1 Å². The summed E-state index contributed by atoms with van der Waals surface area (Å²) in [5, 5.41) is 0. The Morgan fingerprint density at radius 2 is 1.05 bits per heavy atom. The molecule has 0 spiro atoms. The first kappa shape index (κ1) is 19.3. The molecule has 0 aliphatic carbocycles. The lowest BCUT2D eigenvalue weighted by atomic mass is 9.90. The van der Waals surface area contributed by atoms with Crippen molar-refractivity contribution in [1.29, 1.82) is 0 Å². The normalized spacial score (nSPS) is 13.7. The molecular formula is C18H36N2. The first-order valence-electron chi connectivity index (χ1n) is 8.40. The SMILES string of the molecule is CCCCC=NC(C)(C)CCC(C)(C)N=CCCCC. The van der Waals surface area contributed by atoms with Gasteiger partial charge < -0.3 is 0 Å². The summed E-state index contributed by atoms with van der Waals surface area (Å²) in [4.78, 5) is 9.46. The van der Waals surface area contributed by atoms with E-state index < -0.39 is 0 Å². The molecule has 0 aliphatic heterocycles. The van der Waals surface area contributed by atoms with Crippen molar-refractivity contribution in [2.75, 3.05) is 0 Å². The monoisotopic (exact) mass is 280 g/mol. The summed E-state index contributed by atoms with van der Waals surface area (Å²) in [5.74, 6) is 0. The standard InChI is InChI=1S/C18H36N2/c1-7-9-11-15-19-17(3,4)13-14-18(5,6)20-16-12-10-8-2/h15-16H,7-14H2,1-6H3. The highest BCUT2D eigenvalue weighted by Crippen LogP contribution is 2.24. The molecular weight excluding hydrogens is 244 g/mol. The van der Waals surface area contributed by atoms with Crippen LogP contribution >= 0.6 is 0 Å². The van der Waals surface area contributed by atoms with Gasteiger partial charge in [-0.2, -0.15) is 0 Å². The third kappa shape index (κ3) is 11.2. The van der Waals surface area contributed by atoms with Gasteiger partial charge in [-0.15, -0.1) is 0 Å². The van der Waals surface area contributed by atoms with Crippen LogP contribution in [-0.4, -0.2) is 23.5 Å². The zero-order valence-corrected chi connectivity index (χ0v) is 14.7. The highest BCUT2D eigenvalue weighted by molar-refractivity contribution is 5.58. The Hall–Kier alpha value is -0.660. The van der Waals surface area contributed by atoms with Gasteiger partial charge in [-0.3, -0.25) is 9.98 Å². The summed E-state index contributed by atoms with van der Waals surface area (Å²) in [5.41, 5.74) is 0.0912. The van der Waals surface area contributed by atoms with Gasteiger partial charge >= 0.3 is 0 Å². The van der Waals surface area contributed by atoms with E-state index in [0.29, 0.717) is 0 Å². The lowest BCUT2D eigenvalue weighted by Gasteiger charge is -2.26. The molecule has 0 bridgehead atoms. The van der Waals surface area contributed by atoms with Crippen molar-refractivity contribution in [3.05, 3.63) is 0 Å². The summed E-state index contributed by atoms with van der Waals surface area (Å²) in [6.07, 6.45) is 13.6. The summed E-state index contributed by atoms with van der Waals surface area (Å²) in [7, 11) is 0. The van der Waals surface area contributed by atoms with Gasteiger partial charge in [0.15, 0.2) is 0 Å². The van der Waals surface area contributed by atoms with Crippen LogP contribution in [0, 0.1) is 0 Å². The third-order valence-corrected chi connectivity index (χ3v) is 3.60. The second kappa shape index (κ2) is 10.1. The average molecular weight is 280 g/mol. The summed E-state index contributed by atoms with van der Waals surface area (Å²) >= 11 is 0. The maximum Gasteiger partial charge on any atom is 0.0549 e. The molecule has 0 amide bonds. The quantitative estimate of drug-likeness (QED) is 0.335. The van der Waals surface area contributed by atoms with Crippen molar-refractivity contribution in [2.45, 2.75) is 104 Å². The van der Waals surface area contributed by atoms with Crippen molar-refractivity contribution in [1.82, 2.24) is 0 Å². The number of nitrogens with zero attached hydrogens (tertiary/aromatic N) is 2. The number of unbranched alkanes of at least 4 members (excludes halogenated alkanes) is 4. The number of hydrogen-bond donors (Lipinski definition) is 0. The Labute approximate surface area is 127 Å². The number of hydrogen-bond acceptors (Lipinski definition) is 2. The van der Waals surface area contributed by atoms with E-state index in [4.69, 9.17) is 9.98 Å². The van der Waals surface area contributed by atoms with Crippen LogP contribution in [-0.2, 0) is 0 Å². The first-order valence-corrected chi connectivity index (χ1v) is 8.40. The van der Waals surface area contributed by atoms with Gasteiger partial charge in [0.2, 0.25) is 0 Å². The second-order valence-corrected chi connectivity index (χ2v) is 7.03. The lowest BCUT2D eigenvalue weighted by molar-refractivity contribution is 0.380. The van der Waals surface area contributed by atoms with E-state index in [0.717, 1.165) is 25.7 Å². The number of aliphatic imine (C=N–C) groups is 2. The van der Waals surface area contributed by atoms with E-state index in [9.17, 15) is 0 Å². The topological polar surface area (TPSA) is 24.7 Å². The molecule has 0 N–H and O–H groups in total. The van der Waals surface area contributed by atoms with Crippen LogP contribution in [0.25, 0.3) is 0 Å². The van der Waals surface area contributed by atoms with E-state index >= 15 is 0 Å². The fourth-order valence-corrected chi connectivity index (χ4v) is 1.96. The van der Waals surface area contributed by atoms with Crippen LogP contribution < -0.4 is 0 Å². The lowest BCUT2D eigenvalue weighted by Crippen LogP contribution is -2.24. The molecule has 0 aliphatic rings. The molecule has 0 aromatic heterocycles. The van der Waals surface area contributed by atoms with E-state index in [-0.39, 0.29) is 11.1 Å². The number of rotatable bonds is 11. The molecule has 0 aromatic carbocycles. The van der Waals surface area contributed by atoms with Gasteiger partial charge in [-0.25, -0.2) is 0 Å². The fourth-order valence-electron chi connectivity index (χ4n) is 1.96. The molecule has 2 heteroatoms. The average Bonchev–Trinajstić information content (AvgIpc) is 2.38. The minimum atomic E-state index is 0.0456. The third-order valence-electron chi connectivity index (χ3n) is 3.60. The largest absolute Gasteiger partial charge is 0.291 e. The summed E-state index contributed by atoms with van der Waals surface area (Å²) in [6, 6.07) is 0. The highest BCUT2D eigenvalue weighted by Gasteiger charge is 2.22.